The number of carbonyl (C=O) groups excluding carboxylic acids is 1. The average Bonchev–Trinajstić information content (AvgIpc) is 2.78. The predicted molar refractivity (Wildman–Crippen MR) is 80.0 cm³/mol. The smallest absolute Gasteiger partial charge is 0.224 e. The van der Waals surface area contributed by atoms with E-state index >= 15 is 0 Å². The number of nitrogens with zero attached hydrogens (tertiary/aromatic N) is 1. The fourth-order valence-electron chi connectivity index (χ4n) is 1.91. The highest BCUT2D eigenvalue weighted by Gasteiger charge is 2.03. The van der Waals surface area contributed by atoms with E-state index in [4.69, 9.17) is 0 Å². The van der Waals surface area contributed by atoms with Gasteiger partial charge in [-0.25, -0.2) is 0 Å². The van der Waals surface area contributed by atoms with Gasteiger partial charge < -0.3 is 9.88 Å². The second kappa shape index (κ2) is 6.57. The number of halogens is 1. The highest BCUT2D eigenvalue weighted by molar-refractivity contribution is 9.10. The van der Waals surface area contributed by atoms with Crippen LogP contribution in [0, 0.1) is 0 Å². The van der Waals surface area contributed by atoms with Crippen LogP contribution in [0.25, 0.3) is 0 Å². The molecule has 0 unspecified atom stereocenters. The molecule has 0 saturated heterocycles. The Morgan fingerprint density at radius 1 is 1.21 bits per heavy atom. The number of hydrogen-bond donors (Lipinski definition) is 1. The van der Waals surface area contributed by atoms with E-state index in [1.807, 2.05) is 42.1 Å². The van der Waals surface area contributed by atoms with Gasteiger partial charge in [-0.1, -0.05) is 28.1 Å². The Hall–Kier alpha value is -1.55. The normalized spacial score (nSPS) is 10.4. The molecule has 0 spiro atoms. The molecular weight excluding hydrogens is 304 g/mol. The molecule has 0 radical (unpaired) electrons. The van der Waals surface area contributed by atoms with E-state index in [-0.39, 0.29) is 5.91 Å². The summed E-state index contributed by atoms with van der Waals surface area (Å²) in [6.07, 6.45) is 5.38. The van der Waals surface area contributed by atoms with E-state index in [9.17, 15) is 4.79 Å². The number of carbonyl (C=O) groups is 1. The summed E-state index contributed by atoms with van der Waals surface area (Å²) in [5.41, 5.74) is 2.27. The van der Waals surface area contributed by atoms with Crippen molar-refractivity contribution in [2.45, 2.75) is 12.8 Å². The highest BCUT2D eigenvalue weighted by atomic mass is 79.9. The van der Waals surface area contributed by atoms with Gasteiger partial charge >= 0.3 is 0 Å². The molecule has 0 saturated carbocycles. The lowest BCUT2D eigenvalue weighted by atomic mass is 10.1. The average molecular weight is 321 g/mol. The fourth-order valence-corrected chi connectivity index (χ4v) is 2.17. The van der Waals surface area contributed by atoms with Crippen molar-refractivity contribution in [3.8, 4) is 0 Å². The van der Waals surface area contributed by atoms with Crippen LogP contribution in [-0.4, -0.2) is 17.0 Å². The van der Waals surface area contributed by atoms with Crippen molar-refractivity contribution < 1.29 is 4.79 Å². The van der Waals surface area contributed by atoms with Crippen LogP contribution in [0.2, 0.25) is 0 Å². The lowest BCUT2D eigenvalue weighted by Gasteiger charge is -2.04. The second-order valence-corrected chi connectivity index (χ2v) is 5.50. The van der Waals surface area contributed by atoms with Gasteiger partial charge in [-0.3, -0.25) is 4.79 Å². The van der Waals surface area contributed by atoms with Gasteiger partial charge in [0.25, 0.3) is 0 Å². The van der Waals surface area contributed by atoms with Crippen molar-refractivity contribution in [1.82, 2.24) is 9.88 Å². The van der Waals surface area contributed by atoms with Crippen LogP contribution in [0.1, 0.15) is 11.1 Å². The summed E-state index contributed by atoms with van der Waals surface area (Å²) in [6.45, 7) is 0.680. The topological polar surface area (TPSA) is 34.0 Å². The summed E-state index contributed by atoms with van der Waals surface area (Å²) in [6, 6.07) is 9.89. The van der Waals surface area contributed by atoms with Gasteiger partial charge in [0, 0.05) is 30.5 Å². The van der Waals surface area contributed by atoms with Crippen molar-refractivity contribution in [3.63, 3.8) is 0 Å². The molecule has 4 heteroatoms. The van der Waals surface area contributed by atoms with Crippen molar-refractivity contribution in [2.24, 2.45) is 7.05 Å². The Labute approximate surface area is 121 Å². The second-order valence-electron chi connectivity index (χ2n) is 4.59. The number of aromatic nitrogens is 1. The third kappa shape index (κ3) is 4.56. The number of amides is 1. The molecule has 1 aromatic carbocycles. The summed E-state index contributed by atoms with van der Waals surface area (Å²) < 4.78 is 3.04. The lowest BCUT2D eigenvalue weighted by Crippen LogP contribution is -2.27. The van der Waals surface area contributed by atoms with E-state index in [2.05, 4.69) is 33.5 Å². The third-order valence-electron chi connectivity index (χ3n) is 2.91. The van der Waals surface area contributed by atoms with Gasteiger partial charge in [0.05, 0.1) is 6.42 Å². The molecule has 0 atom stereocenters. The first kappa shape index (κ1) is 13.9. The first-order valence-electron chi connectivity index (χ1n) is 6.25. The Balaban J connectivity index is 1.74. The molecule has 0 bridgehead atoms. The molecule has 2 rings (SSSR count). The largest absolute Gasteiger partial charge is 0.357 e. The zero-order valence-corrected chi connectivity index (χ0v) is 12.5. The number of nitrogens with one attached hydrogen (secondary N) is 1. The third-order valence-corrected chi connectivity index (χ3v) is 3.44. The molecule has 1 aromatic heterocycles. The Morgan fingerprint density at radius 3 is 2.58 bits per heavy atom. The molecule has 0 aliphatic rings. The molecule has 100 valence electrons. The summed E-state index contributed by atoms with van der Waals surface area (Å²) in [5, 5.41) is 2.94. The molecule has 0 aliphatic carbocycles. The minimum Gasteiger partial charge on any atom is -0.357 e. The van der Waals surface area contributed by atoms with Gasteiger partial charge in [0.1, 0.15) is 0 Å². The van der Waals surface area contributed by atoms with Crippen molar-refractivity contribution >= 4 is 21.8 Å². The molecular formula is C15H17BrN2O. The monoisotopic (exact) mass is 320 g/mol. The lowest BCUT2D eigenvalue weighted by molar-refractivity contribution is -0.120. The summed E-state index contributed by atoms with van der Waals surface area (Å²) >= 11 is 3.38. The van der Waals surface area contributed by atoms with Gasteiger partial charge in [0.15, 0.2) is 0 Å². The minimum absolute atomic E-state index is 0.0678. The maximum Gasteiger partial charge on any atom is 0.224 e. The molecule has 3 nitrogen and oxygen atoms in total. The van der Waals surface area contributed by atoms with Gasteiger partial charge in [-0.15, -0.1) is 0 Å². The molecule has 1 heterocycles. The number of hydrogen-bond acceptors (Lipinski definition) is 1. The number of benzene rings is 1. The van der Waals surface area contributed by atoms with Gasteiger partial charge in [-0.05, 0) is 35.7 Å². The zero-order valence-electron chi connectivity index (χ0n) is 10.9. The summed E-state index contributed by atoms with van der Waals surface area (Å²) in [7, 11) is 2.00. The standard InChI is InChI=1S/C15H17BrN2O/c1-18-9-7-13(11-18)6-8-17-15(19)10-12-2-4-14(16)5-3-12/h2-5,7,9,11H,6,8,10H2,1H3,(H,17,19). The molecule has 1 N–H and O–H groups in total. The molecule has 1 amide bonds. The van der Waals surface area contributed by atoms with E-state index < -0.39 is 0 Å². The van der Waals surface area contributed by atoms with Gasteiger partial charge in [0.2, 0.25) is 5.91 Å². The van der Waals surface area contributed by atoms with Crippen LogP contribution in [0.4, 0.5) is 0 Å². The maximum atomic E-state index is 11.8. The highest BCUT2D eigenvalue weighted by Crippen LogP contribution is 2.10. The van der Waals surface area contributed by atoms with Crippen LogP contribution >= 0.6 is 15.9 Å². The van der Waals surface area contributed by atoms with E-state index in [0.29, 0.717) is 13.0 Å². The van der Waals surface area contributed by atoms with Crippen LogP contribution in [0.15, 0.2) is 47.2 Å². The van der Waals surface area contributed by atoms with Crippen LogP contribution in [-0.2, 0) is 24.7 Å². The quantitative estimate of drug-likeness (QED) is 0.903. The molecule has 0 aliphatic heterocycles. The van der Waals surface area contributed by atoms with Gasteiger partial charge in [-0.2, -0.15) is 0 Å². The number of aryl methyl sites for hydroxylation is 1. The molecule has 0 fully saturated rings. The predicted octanol–water partition coefficient (Wildman–Crippen LogP) is 2.69. The summed E-state index contributed by atoms with van der Waals surface area (Å²) in [5.74, 6) is 0.0678. The Kier molecular flexibility index (Phi) is 4.80. The SMILES string of the molecule is Cn1ccc(CCNC(=O)Cc2ccc(Br)cc2)c1. The zero-order chi connectivity index (χ0) is 13.7. The molecule has 19 heavy (non-hydrogen) atoms. The number of rotatable bonds is 5. The fraction of sp³-hybridized carbons (Fsp3) is 0.267. The van der Waals surface area contributed by atoms with Crippen molar-refractivity contribution in [3.05, 3.63) is 58.3 Å². The van der Waals surface area contributed by atoms with Crippen LogP contribution in [0.3, 0.4) is 0 Å². The van der Waals surface area contributed by atoms with E-state index in [0.717, 1.165) is 16.5 Å². The van der Waals surface area contributed by atoms with E-state index in [1.54, 1.807) is 0 Å². The van der Waals surface area contributed by atoms with Crippen molar-refractivity contribution in [1.29, 1.82) is 0 Å². The van der Waals surface area contributed by atoms with Crippen LogP contribution < -0.4 is 5.32 Å². The first-order valence-corrected chi connectivity index (χ1v) is 7.05. The maximum absolute atomic E-state index is 11.8. The van der Waals surface area contributed by atoms with E-state index in [1.165, 1.54) is 5.56 Å². The van der Waals surface area contributed by atoms with Crippen LogP contribution in [0.5, 0.6) is 0 Å². The minimum atomic E-state index is 0.0678. The van der Waals surface area contributed by atoms with Crippen molar-refractivity contribution in [2.75, 3.05) is 6.54 Å². The Morgan fingerprint density at radius 2 is 1.95 bits per heavy atom. The first-order chi connectivity index (χ1) is 9.13. The molecule has 2 aromatic rings. The Bertz CT molecular complexity index is 546. The summed E-state index contributed by atoms with van der Waals surface area (Å²) in [4.78, 5) is 11.8.